The molecule has 0 aliphatic heterocycles. The summed E-state index contributed by atoms with van der Waals surface area (Å²) in [6, 6.07) is 0.896. The Bertz CT molecular complexity index is 380. The van der Waals surface area contributed by atoms with Crippen molar-refractivity contribution < 1.29 is 18.1 Å². The van der Waals surface area contributed by atoms with Crippen LogP contribution in [0.2, 0.25) is 21.2 Å². The van der Waals surface area contributed by atoms with E-state index in [1.54, 1.807) is 14.2 Å². The van der Waals surface area contributed by atoms with E-state index in [-0.39, 0.29) is 16.0 Å². The minimum Gasteiger partial charge on any atom is -0.518 e. The van der Waals surface area contributed by atoms with E-state index >= 15 is 0 Å². The van der Waals surface area contributed by atoms with E-state index in [4.69, 9.17) is 13.3 Å². The van der Waals surface area contributed by atoms with Crippen molar-refractivity contribution in [3.8, 4) is 0 Å². The van der Waals surface area contributed by atoms with Crippen molar-refractivity contribution in [2.75, 3.05) is 14.2 Å². The molecule has 137 valence electrons. The van der Waals surface area contributed by atoms with Crippen molar-refractivity contribution in [3.63, 3.8) is 0 Å². The first-order valence-electron chi connectivity index (χ1n) is 8.46. The van der Waals surface area contributed by atoms with Gasteiger partial charge in [0, 0.05) is 14.2 Å². The van der Waals surface area contributed by atoms with Crippen LogP contribution in [-0.2, 0) is 18.1 Å². The zero-order valence-electron chi connectivity index (χ0n) is 17.0. The average molecular weight is 362 g/mol. The van der Waals surface area contributed by atoms with Gasteiger partial charge in [0.2, 0.25) is 0 Å². The van der Waals surface area contributed by atoms with Gasteiger partial charge in [-0.2, -0.15) is 0 Å². The molecule has 0 aromatic carbocycles. The van der Waals surface area contributed by atoms with E-state index in [1.807, 2.05) is 13.8 Å². The Kier molecular flexibility index (Phi) is 7.74. The molecule has 0 amide bonds. The lowest BCUT2D eigenvalue weighted by atomic mass is 10.1. The van der Waals surface area contributed by atoms with Gasteiger partial charge in [-0.25, -0.2) is 0 Å². The van der Waals surface area contributed by atoms with Crippen molar-refractivity contribution in [2.45, 2.75) is 89.9 Å². The van der Waals surface area contributed by atoms with Crippen molar-refractivity contribution in [2.24, 2.45) is 0 Å². The van der Waals surface area contributed by atoms with Crippen LogP contribution in [0.5, 0.6) is 0 Å². The Balaban J connectivity index is 5.91. The molecule has 6 heteroatoms. The van der Waals surface area contributed by atoms with E-state index in [0.29, 0.717) is 6.42 Å². The molecule has 1 unspecified atom stereocenters. The Morgan fingerprint density at radius 1 is 0.913 bits per heavy atom. The predicted octanol–water partition coefficient (Wildman–Crippen LogP) is 5.05. The topological polar surface area (TPSA) is 44.8 Å². The third kappa shape index (κ3) is 4.27. The molecule has 0 aromatic heterocycles. The second-order valence-corrected chi connectivity index (χ2v) is 16.5. The fourth-order valence-electron chi connectivity index (χ4n) is 3.74. The second-order valence-electron chi connectivity index (χ2n) is 8.45. The summed E-state index contributed by atoms with van der Waals surface area (Å²) in [7, 11) is -0.893. The smallest absolute Gasteiger partial charge is 0.402 e. The van der Waals surface area contributed by atoms with E-state index < -0.39 is 22.6 Å². The summed E-state index contributed by atoms with van der Waals surface area (Å²) >= 11 is 0. The molecule has 0 bridgehead atoms. The number of hydrogen-bond acceptors (Lipinski definition) is 4. The number of carbonyl (C=O) groups is 1. The highest BCUT2D eigenvalue weighted by Gasteiger charge is 2.59. The first kappa shape index (κ1) is 22.8. The lowest BCUT2D eigenvalue weighted by Gasteiger charge is -2.50. The summed E-state index contributed by atoms with van der Waals surface area (Å²) in [6.07, 6.45) is 0.643. The van der Waals surface area contributed by atoms with Gasteiger partial charge in [-0.3, -0.25) is 4.79 Å². The second kappa shape index (κ2) is 7.80. The van der Waals surface area contributed by atoms with E-state index in [9.17, 15) is 4.79 Å². The third-order valence-corrected chi connectivity index (χ3v) is 13.7. The van der Waals surface area contributed by atoms with Crippen molar-refractivity contribution in [3.05, 3.63) is 0 Å². The van der Waals surface area contributed by atoms with Crippen molar-refractivity contribution >= 4 is 23.6 Å². The van der Waals surface area contributed by atoms with Crippen LogP contribution in [0.1, 0.15) is 68.7 Å². The maximum Gasteiger partial charge on any atom is 0.402 e. The molecule has 0 heterocycles. The van der Waals surface area contributed by atoms with E-state index in [1.165, 1.54) is 0 Å². The van der Waals surface area contributed by atoms with Crippen LogP contribution in [0.3, 0.4) is 0 Å². The maximum atomic E-state index is 13.2. The summed E-state index contributed by atoms with van der Waals surface area (Å²) < 4.78 is 17.4. The van der Waals surface area contributed by atoms with Crippen LogP contribution in [0.25, 0.3) is 0 Å². The highest BCUT2D eigenvalue weighted by molar-refractivity contribution is 6.81. The summed E-state index contributed by atoms with van der Waals surface area (Å²) in [6.45, 7) is 19.2. The lowest BCUT2D eigenvalue weighted by Crippen LogP contribution is -2.57. The average Bonchev–Trinajstić information content (AvgIpc) is 2.42. The molecule has 0 rings (SSSR count). The Morgan fingerprint density at radius 3 is 1.52 bits per heavy atom. The fourth-order valence-corrected chi connectivity index (χ4v) is 11.1. The molecule has 1 radical (unpaired) electrons. The maximum absolute atomic E-state index is 13.2. The number of hydrogen-bond donors (Lipinski definition) is 0. The lowest BCUT2D eigenvalue weighted by molar-refractivity contribution is -0.140. The van der Waals surface area contributed by atoms with Gasteiger partial charge in [0.1, 0.15) is 5.04 Å². The summed E-state index contributed by atoms with van der Waals surface area (Å²) in [4.78, 5) is 13.2. The molecule has 0 fully saturated rings. The molecule has 0 aromatic rings. The summed E-state index contributed by atoms with van der Waals surface area (Å²) in [5.74, 6) is -0.157. The van der Waals surface area contributed by atoms with Crippen LogP contribution in [0.4, 0.5) is 0 Å². The SMILES string of the molecule is CCC(C)(C(=O)O[Si](CC)(C(C)(C)C)C(C)(C)C)[Si](OC)OC. The first-order valence-corrected chi connectivity index (χ1v) is 11.9. The fraction of sp³-hybridized carbons (Fsp3) is 0.941. The van der Waals surface area contributed by atoms with Gasteiger partial charge in [0.15, 0.2) is 0 Å². The Labute approximate surface area is 146 Å². The van der Waals surface area contributed by atoms with Gasteiger partial charge < -0.3 is 13.3 Å². The molecule has 0 N–H and O–H groups in total. The highest BCUT2D eigenvalue weighted by atomic mass is 28.4. The minimum absolute atomic E-state index is 0.0443. The molecular formula is C17H37O4Si2. The van der Waals surface area contributed by atoms with Gasteiger partial charge in [0.05, 0.1) is 0 Å². The minimum atomic E-state index is -2.38. The van der Waals surface area contributed by atoms with Crippen LogP contribution in [0.15, 0.2) is 0 Å². The van der Waals surface area contributed by atoms with Crippen LogP contribution < -0.4 is 0 Å². The summed E-state index contributed by atoms with van der Waals surface area (Å²) in [5.41, 5.74) is 0. The zero-order valence-corrected chi connectivity index (χ0v) is 19.0. The standard InChI is InChI=1S/C17H37O4Si2/c1-12-17(9,22(19-10)20-11)14(18)21-23(13-2,15(3,4)5)16(6,7)8/h12-13H2,1-11H3. The van der Waals surface area contributed by atoms with Gasteiger partial charge in [0.25, 0.3) is 14.3 Å². The molecule has 1 atom stereocenters. The molecule has 0 saturated heterocycles. The first-order chi connectivity index (χ1) is 10.3. The van der Waals surface area contributed by atoms with Gasteiger partial charge >= 0.3 is 9.28 Å². The van der Waals surface area contributed by atoms with Gasteiger partial charge in [-0.1, -0.05) is 55.4 Å². The zero-order chi connectivity index (χ0) is 18.7. The van der Waals surface area contributed by atoms with Crippen molar-refractivity contribution in [1.82, 2.24) is 0 Å². The normalized spacial score (nSPS) is 16.3. The van der Waals surface area contributed by atoms with E-state index in [0.717, 1.165) is 6.04 Å². The van der Waals surface area contributed by atoms with Crippen molar-refractivity contribution in [1.29, 1.82) is 0 Å². The molecule has 0 aliphatic carbocycles. The van der Waals surface area contributed by atoms with Crippen LogP contribution in [-0.4, -0.2) is 37.8 Å². The Morgan fingerprint density at radius 2 is 1.30 bits per heavy atom. The monoisotopic (exact) mass is 361 g/mol. The Hall–Kier alpha value is -0.176. The summed E-state index contributed by atoms with van der Waals surface area (Å²) in [5, 5.41) is -0.799. The van der Waals surface area contributed by atoms with Crippen LogP contribution in [0, 0.1) is 0 Å². The molecule has 0 saturated carbocycles. The molecule has 0 spiro atoms. The van der Waals surface area contributed by atoms with E-state index in [2.05, 4.69) is 48.5 Å². The third-order valence-electron chi connectivity index (χ3n) is 5.17. The number of carbonyl (C=O) groups excluding carboxylic acids is 1. The largest absolute Gasteiger partial charge is 0.518 e. The predicted molar refractivity (Wildman–Crippen MR) is 100 cm³/mol. The molecule has 0 aliphatic rings. The van der Waals surface area contributed by atoms with Crippen LogP contribution >= 0.6 is 0 Å². The molecular weight excluding hydrogens is 324 g/mol. The highest BCUT2D eigenvalue weighted by Crippen LogP contribution is 2.55. The van der Waals surface area contributed by atoms with Gasteiger partial charge in [-0.15, -0.1) is 0 Å². The van der Waals surface area contributed by atoms with Gasteiger partial charge in [-0.05, 0) is 29.5 Å². The molecule has 23 heavy (non-hydrogen) atoms. The number of rotatable bonds is 7. The quantitative estimate of drug-likeness (QED) is 0.595. The molecule has 4 nitrogen and oxygen atoms in total.